The molecule has 1 aliphatic carbocycles. The molecule has 2 aromatic rings. The molecule has 10 heteroatoms. The summed E-state index contributed by atoms with van der Waals surface area (Å²) in [6, 6.07) is 11.4. The van der Waals surface area contributed by atoms with Gasteiger partial charge in [0.25, 0.3) is 0 Å². The van der Waals surface area contributed by atoms with Crippen LogP contribution in [0.2, 0.25) is 5.02 Å². The molecule has 0 radical (unpaired) electrons. The topological polar surface area (TPSA) is 96.0 Å². The van der Waals surface area contributed by atoms with Gasteiger partial charge in [-0.1, -0.05) is 49.9 Å². The van der Waals surface area contributed by atoms with E-state index in [1.807, 2.05) is 25.1 Å². The monoisotopic (exact) mass is 563 g/mol. The molecule has 0 aromatic heterocycles. The molecular formula is C28H38ClN3O5S. The standard InChI is InChI=1S/C28H38ClN3O5S/c1-5-25(28(34)30-23-11-7-6-8-12-23)31(18-21-10-9-13-24(17-21)37-3)27(33)19-32(38(4,35)36)26-15-14-22(29)16-20(26)2/h9-10,13-17,23,25H,5-8,11-12,18-19H2,1-4H3,(H,30,34)/t25-/m0/s1. The van der Waals surface area contributed by atoms with Crippen LogP contribution in [0, 0.1) is 6.92 Å². The molecule has 1 N–H and O–H groups in total. The van der Waals surface area contributed by atoms with Crippen LogP contribution in [0.25, 0.3) is 0 Å². The van der Waals surface area contributed by atoms with Crippen molar-refractivity contribution in [1.82, 2.24) is 10.2 Å². The lowest BCUT2D eigenvalue weighted by Crippen LogP contribution is -2.54. The van der Waals surface area contributed by atoms with Gasteiger partial charge in [0.15, 0.2) is 0 Å². The number of ether oxygens (including phenoxy) is 1. The van der Waals surface area contributed by atoms with Crippen molar-refractivity contribution >= 4 is 39.1 Å². The second kappa shape index (κ2) is 13.3. The molecule has 0 bridgehead atoms. The number of aryl methyl sites for hydroxylation is 1. The number of nitrogens with zero attached hydrogens (tertiary/aromatic N) is 2. The number of carbonyl (C=O) groups is 2. The van der Waals surface area contributed by atoms with Gasteiger partial charge in [0.1, 0.15) is 18.3 Å². The Bertz CT molecular complexity index is 1230. The minimum absolute atomic E-state index is 0.0864. The van der Waals surface area contributed by atoms with Crippen molar-refractivity contribution in [1.29, 1.82) is 0 Å². The number of hydrogen-bond donors (Lipinski definition) is 1. The molecule has 3 rings (SSSR count). The first-order chi connectivity index (χ1) is 18.0. The number of methoxy groups -OCH3 is 1. The number of benzene rings is 2. The van der Waals surface area contributed by atoms with E-state index < -0.39 is 28.5 Å². The van der Waals surface area contributed by atoms with Crippen molar-refractivity contribution in [2.45, 2.75) is 71.0 Å². The van der Waals surface area contributed by atoms with Crippen LogP contribution in [0.1, 0.15) is 56.6 Å². The highest BCUT2D eigenvalue weighted by Gasteiger charge is 2.33. The lowest BCUT2D eigenvalue weighted by atomic mass is 9.95. The summed E-state index contributed by atoms with van der Waals surface area (Å²) in [7, 11) is -2.26. The molecule has 0 aliphatic heterocycles. The molecule has 2 aromatic carbocycles. The fraction of sp³-hybridized carbons (Fsp3) is 0.500. The Balaban J connectivity index is 1.95. The molecule has 0 spiro atoms. The summed E-state index contributed by atoms with van der Waals surface area (Å²) in [6.07, 6.45) is 6.58. The first-order valence-electron chi connectivity index (χ1n) is 13.0. The predicted molar refractivity (Wildman–Crippen MR) is 151 cm³/mol. The maximum Gasteiger partial charge on any atom is 0.244 e. The highest BCUT2D eigenvalue weighted by atomic mass is 35.5. The zero-order valence-electron chi connectivity index (χ0n) is 22.6. The molecule has 1 saturated carbocycles. The number of anilines is 1. The number of amides is 2. The number of hydrogen-bond acceptors (Lipinski definition) is 5. The van der Waals surface area contributed by atoms with Crippen LogP contribution in [-0.2, 0) is 26.2 Å². The van der Waals surface area contributed by atoms with E-state index in [1.54, 1.807) is 38.3 Å². The summed E-state index contributed by atoms with van der Waals surface area (Å²) >= 11 is 6.08. The summed E-state index contributed by atoms with van der Waals surface area (Å²) in [5, 5.41) is 3.61. The van der Waals surface area contributed by atoms with E-state index >= 15 is 0 Å². The summed E-state index contributed by atoms with van der Waals surface area (Å²) in [6.45, 7) is 3.28. The van der Waals surface area contributed by atoms with Crippen LogP contribution in [0.4, 0.5) is 5.69 Å². The molecule has 0 saturated heterocycles. The maximum absolute atomic E-state index is 13.9. The second-order valence-electron chi connectivity index (χ2n) is 9.84. The quantitative estimate of drug-likeness (QED) is 0.428. The Morgan fingerprint density at radius 3 is 2.45 bits per heavy atom. The third-order valence-corrected chi connectivity index (χ3v) is 8.29. The van der Waals surface area contributed by atoms with Gasteiger partial charge >= 0.3 is 0 Å². The van der Waals surface area contributed by atoms with Gasteiger partial charge in [-0.25, -0.2) is 8.42 Å². The number of rotatable bonds is 11. The van der Waals surface area contributed by atoms with Crippen LogP contribution < -0.4 is 14.4 Å². The molecule has 38 heavy (non-hydrogen) atoms. The number of sulfonamides is 1. The molecule has 0 unspecified atom stereocenters. The van der Waals surface area contributed by atoms with Crippen LogP contribution >= 0.6 is 11.6 Å². The zero-order chi connectivity index (χ0) is 27.9. The molecule has 2 amide bonds. The van der Waals surface area contributed by atoms with Crippen molar-refractivity contribution < 1.29 is 22.7 Å². The van der Waals surface area contributed by atoms with E-state index in [4.69, 9.17) is 16.3 Å². The van der Waals surface area contributed by atoms with Gasteiger partial charge in [0, 0.05) is 17.6 Å². The highest BCUT2D eigenvalue weighted by Crippen LogP contribution is 2.27. The van der Waals surface area contributed by atoms with Gasteiger partial charge < -0.3 is 15.0 Å². The highest BCUT2D eigenvalue weighted by molar-refractivity contribution is 7.92. The van der Waals surface area contributed by atoms with E-state index in [0.29, 0.717) is 28.4 Å². The number of carbonyl (C=O) groups excluding carboxylic acids is 2. The van der Waals surface area contributed by atoms with Crippen LogP contribution in [0.5, 0.6) is 5.75 Å². The van der Waals surface area contributed by atoms with Crippen molar-refractivity contribution in [3.8, 4) is 5.75 Å². The molecule has 1 fully saturated rings. The Labute approximate surface area is 231 Å². The zero-order valence-corrected chi connectivity index (χ0v) is 24.1. The number of nitrogens with one attached hydrogen (secondary N) is 1. The van der Waals surface area contributed by atoms with Crippen LogP contribution in [-0.4, -0.2) is 57.1 Å². The first-order valence-corrected chi connectivity index (χ1v) is 15.2. The van der Waals surface area contributed by atoms with Gasteiger partial charge in [-0.05, 0) is 67.6 Å². The van der Waals surface area contributed by atoms with E-state index in [-0.39, 0.29) is 18.5 Å². The van der Waals surface area contributed by atoms with Gasteiger partial charge in [-0.2, -0.15) is 0 Å². The SMILES string of the molecule is CC[C@@H](C(=O)NC1CCCCC1)N(Cc1cccc(OC)c1)C(=O)CN(c1ccc(Cl)cc1C)S(C)(=O)=O. The fourth-order valence-electron chi connectivity index (χ4n) is 4.92. The lowest BCUT2D eigenvalue weighted by molar-refractivity contribution is -0.140. The Hall–Kier alpha value is -2.78. The molecule has 1 atom stereocenters. The third kappa shape index (κ3) is 7.86. The van der Waals surface area contributed by atoms with Gasteiger partial charge in [-0.15, -0.1) is 0 Å². The lowest BCUT2D eigenvalue weighted by Gasteiger charge is -2.34. The van der Waals surface area contributed by atoms with Crippen molar-refractivity contribution in [3.63, 3.8) is 0 Å². The van der Waals surface area contributed by atoms with Crippen molar-refractivity contribution in [3.05, 3.63) is 58.6 Å². The van der Waals surface area contributed by atoms with Crippen LogP contribution in [0.15, 0.2) is 42.5 Å². The first kappa shape index (κ1) is 29.8. The molecule has 1 aliphatic rings. The fourth-order valence-corrected chi connectivity index (χ4v) is 6.06. The largest absolute Gasteiger partial charge is 0.497 e. The van der Waals surface area contributed by atoms with Crippen LogP contribution in [0.3, 0.4) is 0 Å². The van der Waals surface area contributed by atoms with Gasteiger partial charge in [0.05, 0.1) is 19.1 Å². The van der Waals surface area contributed by atoms with Crippen molar-refractivity contribution in [2.24, 2.45) is 0 Å². The van der Waals surface area contributed by atoms with E-state index in [2.05, 4.69) is 5.32 Å². The van der Waals surface area contributed by atoms with E-state index in [9.17, 15) is 18.0 Å². The molecule has 8 nitrogen and oxygen atoms in total. The minimum Gasteiger partial charge on any atom is -0.497 e. The number of halogens is 1. The van der Waals surface area contributed by atoms with Gasteiger partial charge in [0.2, 0.25) is 21.8 Å². The summed E-state index contributed by atoms with van der Waals surface area (Å²) < 4.78 is 32.1. The maximum atomic E-state index is 13.9. The smallest absolute Gasteiger partial charge is 0.244 e. The average Bonchev–Trinajstić information content (AvgIpc) is 2.87. The molecule has 208 valence electrons. The average molecular weight is 564 g/mol. The third-order valence-electron chi connectivity index (χ3n) is 6.93. The Morgan fingerprint density at radius 1 is 1.13 bits per heavy atom. The van der Waals surface area contributed by atoms with Crippen molar-refractivity contribution in [2.75, 3.05) is 24.2 Å². The summed E-state index contributed by atoms with van der Waals surface area (Å²) in [4.78, 5) is 28.8. The summed E-state index contributed by atoms with van der Waals surface area (Å²) in [5.74, 6) is -0.0633. The van der Waals surface area contributed by atoms with Gasteiger partial charge in [-0.3, -0.25) is 13.9 Å². The van der Waals surface area contributed by atoms with E-state index in [1.165, 1.54) is 4.90 Å². The Morgan fingerprint density at radius 2 is 1.84 bits per heavy atom. The molecular weight excluding hydrogens is 526 g/mol. The predicted octanol–water partition coefficient (Wildman–Crippen LogP) is 4.68. The Kier molecular flexibility index (Phi) is 10.4. The molecule has 0 heterocycles. The van der Waals surface area contributed by atoms with E-state index in [0.717, 1.165) is 48.2 Å². The normalized spacial score (nSPS) is 15.0. The second-order valence-corrected chi connectivity index (χ2v) is 12.2. The minimum atomic E-state index is -3.82. The summed E-state index contributed by atoms with van der Waals surface area (Å²) in [5.41, 5.74) is 1.76.